The van der Waals surface area contributed by atoms with Gasteiger partial charge in [0, 0.05) is 38.4 Å². The first-order chi connectivity index (χ1) is 7.15. The Morgan fingerprint density at radius 3 is 2.73 bits per heavy atom. The number of hydrogen-bond donors (Lipinski definition) is 2. The van der Waals surface area contributed by atoms with Crippen LogP contribution < -0.4 is 5.32 Å². The molecule has 0 unspecified atom stereocenters. The van der Waals surface area contributed by atoms with Crippen LogP contribution in [0.5, 0.6) is 0 Å². The predicted molar refractivity (Wildman–Crippen MR) is 60.6 cm³/mol. The van der Waals surface area contributed by atoms with E-state index in [1.54, 1.807) is 6.20 Å². The van der Waals surface area contributed by atoms with Crippen molar-refractivity contribution in [1.29, 1.82) is 0 Å². The molecule has 0 aliphatic rings. The molecule has 0 aromatic carbocycles. The molecule has 0 spiro atoms. The van der Waals surface area contributed by atoms with Crippen molar-refractivity contribution < 1.29 is 5.11 Å². The highest BCUT2D eigenvalue weighted by Crippen LogP contribution is 2.01. The Balaban J connectivity index is 2.29. The molecule has 0 bridgehead atoms. The fourth-order valence-electron chi connectivity index (χ4n) is 1.52. The predicted octanol–water partition coefficient (Wildman–Crippen LogP) is 0.569. The summed E-state index contributed by atoms with van der Waals surface area (Å²) < 4.78 is 2.02. The first kappa shape index (κ1) is 12.2. The van der Waals surface area contributed by atoms with Gasteiger partial charge in [0.1, 0.15) is 5.82 Å². The van der Waals surface area contributed by atoms with E-state index < -0.39 is 0 Å². The van der Waals surface area contributed by atoms with Crippen LogP contribution in [-0.4, -0.2) is 33.9 Å². The SMILES string of the molecule is CC(C)[C@@H](CO)NCCc1nccn1C. The van der Waals surface area contributed by atoms with Gasteiger partial charge in [0.25, 0.3) is 0 Å². The van der Waals surface area contributed by atoms with Crippen molar-refractivity contribution in [2.45, 2.75) is 26.3 Å². The highest BCUT2D eigenvalue weighted by Gasteiger charge is 2.10. The second kappa shape index (κ2) is 5.88. The van der Waals surface area contributed by atoms with Gasteiger partial charge in [-0.2, -0.15) is 0 Å². The van der Waals surface area contributed by atoms with Crippen LogP contribution in [0, 0.1) is 5.92 Å². The van der Waals surface area contributed by atoms with Crippen molar-refractivity contribution in [1.82, 2.24) is 14.9 Å². The van der Waals surface area contributed by atoms with Crippen molar-refractivity contribution in [2.24, 2.45) is 13.0 Å². The minimum atomic E-state index is 0.185. The Kier molecular flexibility index (Phi) is 4.78. The molecule has 4 nitrogen and oxygen atoms in total. The van der Waals surface area contributed by atoms with Gasteiger partial charge in [0.15, 0.2) is 0 Å². The Hall–Kier alpha value is -0.870. The second-order valence-electron chi connectivity index (χ2n) is 4.19. The van der Waals surface area contributed by atoms with Crippen LogP contribution in [0.2, 0.25) is 0 Å². The summed E-state index contributed by atoms with van der Waals surface area (Å²) in [6, 6.07) is 0.185. The molecule has 1 heterocycles. The van der Waals surface area contributed by atoms with Crippen LogP contribution in [-0.2, 0) is 13.5 Å². The van der Waals surface area contributed by atoms with Crippen molar-refractivity contribution in [3.8, 4) is 0 Å². The van der Waals surface area contributed by atoms with Gasteiger partial charge in [-0.15, -0.1) is 0 Å². The molecule has 0 aliphatic carbocycles. The molecule has 15 heavy (non-hydrogen) atoms. The van der Waals surface area contributed by atoms with Gasteiger partial charge in [-0.3, -0.25) is 0 Å². The number of nitrogens with zero attached hydrogens (tertiary/aromatic N) is 2. The van der Waals surface area contributed by atoms with E-state index in [-0.39, 0.29) is 12.6 Å². The summed E-state index contributed by atoms with van der Waals surface area (Å²) in [6.07, 6.45) is 4.65. The highest BCUT2D eigenvalue weighted by atomic mass is 16.3. The third kappa shape index (κ3) is 3.64. The maximum absolute atomic E-state index is 9.12. The highest BCUT2D eigenvalue weighted by molar-refractivity contribution is 4.91. The summed E-state index contributed by atoms with van der Waals surface area (Å²) >= 11 is 0. The molecule has 1 atom stereocenters. The Labute approximate surface area is 91.3 Å². The van der Waals surface area contributed by atoms with Crippen molar-refractivity contribution in [3.05, 3.63) is 18.2 Å². The fraction of sp³-hybridized carbons (Fsp3) is 0.727. The lowest BCUT2D eigenvalue weighted by Crippen LogP contribution is -2.38. The molecular weight excluding hydrogens is 190 g/mol. The first-order valence-corrected chi connectivity index (χ1v) is 5.45. The van der Waals surface area contributed by atoms with Gasteiger partial charge < -0.3 is 15.0 Å². The number of imidazole rings is 1. The fourth-order valence-corrected chi connectivity index (χ4v) is 1.52. The molecule has 86 valence electrons. The lowest BCUT2D eigenvalue weighted by Gasteiger charge is -2.19. The number of hydrogen-bond acceptors (Lipinski definition) is 3. The molecule has 0 amide bonds. The number of aryl methyl sites for hydroxylation is 1. The summed E-state index contributed by atoms with van der Waals surface area (Å²) in [5, 5.41) is 12.5. The third-order valence-corrected chi connectivity index (χ3v) is 2.68. The van der Waals surface area contributed by atoms with Crippen LogP contribution in [0.1, 0.15) is 19.7 Å². The molecular formula is C11H21N3O. The van der Waals surface area contributed by atoms with Crippen LogP contribution in [0.15, 0.2) is 12.4 Å². The monoisotopic (exact) mass is 211 g/mol. The molecule has 0 aliphatic heterocycles. The third-order valence-electron chi connectivity index (χ3n) is 2.68. The molecule has 1 aromatic rings. The maximum atomic E-state index is 9.12. The topological polar surface area (TPSA) is 50.1 Å². The van der Waals surface area contributed by atoms with E-state index in [9.17, 15) is 0 Å². The summed E-state index contributed by atoms with van der Waals surface area (Å²) in [5.41, 5.74) is 0. The smallest absolute Gasteiger partial charge is 0.109 e. The molecule has 0 radical (unpaired) electrons. The van der Waals surface area contributed by atoms with E-state index in [0.29, 0.717) is 5.92 Å². The van der Waals surface area contributed by atoms with E-state index in [2.05, 4.69) is 24.1 Å². The van der Waals surface area contributed by atoms with Gasteiger partial charge in [-0.25, -0.2) is 4.98 Å². The minimum absolute atomic E-state index is 0.185. The standard InChI is InChI=1S/C11H21N3O/c1-9(2)10(8-15)12-5-4-11-13-6-7-14(11)3/h6-7,9-10,12,15H,4-5,8H2,1-3H3/t10-/m1/s1. The number of rotatable bonds is 6. The van der Waals surface area contributed by atoms with Crippen LogP contribution in [0.25, 0.3) is 0 Å². The molecule has 1 rings (SSSR count). The summed E-state index contributed by atoms with van der Waals surface area (Å²) in [5.74, 6) is 1.53. The molecule has 1 aromatic heterocycles. The zero-order chi connectivity index (χ0) is 11.3. The van der Waals surface area contributed by atoms with Gasteiger partial charge in [-0.05, 0) is 5.92 Å². The number of aliphatic hydroxyl groups excluding tert-OH is 1. The van der Waals surface area contributed by atoms with Crippen LogP contribution in [0.3, 0.4) is 0 Å². The van der Waals surface area contributed by atoms with E-state index in [4.69, 9.17) is 5.11 Å². The number of aliphatic hydroxyl groups is 1. The average Bonchev–Trinajstić information content (AvgIpc) is 2.58. The van der Waals surface area contributed by atoms with Gasteiger partial charge >= 0.3 is 0 Å². The number of nitrogens with one attached hydrogen (secondary N) is 1. The van der Waals surface area contributed by atoms with Crippen LogP contribution in [0.4, 0.5) is 0 Å². The van der Waals surface area contributed by atoms with Gasteiger partial charge in [0.05, 0.1) is 6.61 Å². The molecule has 4 heteroatoms. The number of aromatic nitrogens is 2. The Morgan fingerprint density at radius 2 is 2.27 bits per heavy atom. The van der Waals surface area contributed by atoms with E-state index in [0.717, 1.165) is 18.8 Å². The average molecular weight is 211 g/mol. The Morgan fingerprint density at radius 1 is 1.53 bits per heavy atom. The van der Waals surface area contributed by atoms with Crippen molar-refractivity contribution >= 4 is 0 Å². The molecule has 0 fully saturated rings. The quantitative estimate of drug-likeness (QED) is 0.723. The summed E-state index contributed by atoms with van der Waals surface area (Å²) in [7, 11) is 1.99. The largest absolute Gasteiger partial charge is 0.395 e. The van der Waals surface area contributed by atoms with Crippen LogP contribution >= 0.6 is 0 Å². The lowest BCUT2D eigenvalue weighted by atomic mass is 10.1. The normalized spacial score (nSPS) is 13.4. The minimum Gasteiger partial charge on any atom is -0.395 e. The van der Waals surface area contributed by atoms with Gasteiger partial charge in [0.2, 0.25) is 0 Å². The van der Waals surface area contributed by atoms with Crippen molar-refractivity contribution in [2.75, 3.05) is 13.2 Å². The van der Waals surface area contributed by atoms with E-state index >= 15 is 0 Å². The zero-order valence-electron chi connectivity index (χ0n) is 9.77. The molecule has 2 N–H and O–H groups in total. The summed E-state index contributed by atoms with van der Waals surface area (Å²) in [4.78, 5) is 4.24. The lowest BCUT2D eigenvalue weighted by molar-refractivity contribution is 0.211. The Bertz CT molecular complexity index is 283. The first-order valence-electron chi connectivity index (χ1n) is 5.45. The van der Waals surface area contributed by atoms with Gasteiger partial charge in [-0.1, -0.05) is 13.8 Å². The second-order valence-corrected chi connectivity index (χ2v) is 4.19. The van der Waals surface area contributed by atoms with Crippen molar-refractivity contribution in [3.63, 3.8) is 0 Å². The van der Waals surface area contributed by atoms with E-state index in [1.807, 2.05) is 17.8 Å². The zero-order valence-corrected chi connectivity index (χ0v) is 9.77. The maximum Gasteiger partial charge on any atom is 0.109 e. The summed E-state index contributed by atoms with van der Waals surface area (Å²) in [6.45, 7) is 5.26. The van der Waals surface area contributed by atoms with E-state index in [1.165, 1.54) is 0 Å². The molecule has 0 saturated heterocycles. The molecule has 0 saturated carbocycles.